The van der Waals surface area contributed by atoms with Crippen LogP contribution in [0.15, 0.2) is 30.7 Å². The van der Waals surface area contributed by atoms with Crippen LogP contribution in [-0.4, -0.2) is 71.8 Å². The molecule has 2 unspecified atom stereocenters. The maximum absolute atomic E-state index is 14.4. The van der Waals surface area contributed by atoms with Gasteiger partial charge in [-0.05, 0) is 61.1 Å². The van der Waals surface area contributed by atoms with Crippen molar-refractivity contribution in [2.24, 2.45) is 23.2 Å². The molecule has 210 valence electrons. The fourth-order valence-corrected chi connectivity index (χ4v) is 7.41. The van der Waals surface area contributed by atoms with Crippen molar-refractivity contribution in [2.75, 3.05) is 44.9 Å². The second-order valence-corrected chi connectivity index (χ2v) is 11.5. The minimum Gasteiger partial charge on any atom is -0.379 e. The molecule has 1 aliphatic carbocycles. The van der Waals surface area contributed by atoms with Crippen LogP contribution in [0.5, 0.6) is 0 Å². The van der Waals surface area contributed by atoms with Crippen molar-refractivity contribution in [1.29, 1.82) is 0 Å². The molecule has 0 spiro atoms. The highest BCUT2D eigenvalue weighted by atomic mass is 19.4. The van der Waals surface area contributed by atoms with Crippen molar-refractivity contribution in [3.05, 3.63) is 47.5 Å². The van der Waals surface area contributed by atoms with E-state index < -0.39 is 17.2 Å². The lowest BCUT2D eigenvalue weighted by molar-refractivity contribution is -0.143. The number of carbonyl (C=O) groups is 1. The number of pyridine rings is 1. The Morgan fingerprint density at radius 2 is 2.08 bits per heavy atom. The van der Waals surface area contributed by atoms with E-state index in [0.717, 1.165) is 44.6 Å². The molecule has 2 aromatic heterocycles. The Labute approximate surface area is 225 Å². The van der Waals surface area contributed by atoms with Crippen molar-refractivity contribution >= 4 is 11.9 Å². The smallest absolute Gasteiger partial charge is 0.379 e. The topological polar surface area (TPSA) is 80.7 Å². The van der Waals surface area contributed by atoms with Crippen LogP contribution in [-0.2, 0) is 33.4 Å². The molecule has 5 atom stereocenters. The van der Waals surface area contributed by atoms with Gasteiger partial charge in [-0.15, -0.1) is 0 Å². The van der Waals surface area contributed by atoms with E-state index in [1.54, 1.807) is 30.5 Å². The molecule has 4 aliphatic rings. The average Bonchev–Trinajstić information content (AvgIpc) is 3.47. The van der Waals surface area contributed by atoms with Crippen molar-refractivity contribution in [2.45, 2.75) is 50.9 Å². The summed E-state index contributed by atoms with van der Waals surface area (Å²) in [5.41, 5.74) is -0.269. The number of rotatable bonds is 5. The highest BCUT2D eigenvalue weighted by Crippen LogP contribution is 2.55. The van der Waals surface area contributed by atoms with Crippen LogP contribution in [0.1, 0.15) is 42.5 Å². The number of fused-ring (bicyclic) bond motifs is 2. The van der Waals surface area contributed by atoms with Gasteiger partial charge in [0.05, 0.1) is 23.7 Å². The van der Waals surface area contributed by atoms with Crippen LogP contribution in [0.25, 0.3) is 0 Å². The molecule has 5 heterocycles. The highest BCUT2D eigenvalue weighted by Gasteiger charge is 2.59. The summed E-state index contributed by atoms with van der Waals surface area (Å²) in [6.07, 6.45) is 3.95. The molecule has 0 radical (unpaired) electrons. The minimum absolute atomic E-state index is 0.0340. The van der Waals surface area contributed by atoms with E-state index in [1.807, 2.05) is 0 Å². The van der Waals surface area contributed by atoms with Crippen LogP contribution in [0.4, 0.5) is 19.1 Å². The summed E-state index contributed by atoms with van der Waals surface area (Å²) >= 11 is 0. The van der Waals surface area contributed by atoms with Crippen LogP contribution < -0.4 is 4.90 Å². The zero-order valence-corrected chi connectivity index (χ0v) is 22.1. The van der Waals surface area contributed by atoms with E-state index in [4.69, 9.17) is 9.47 Å². The number of hydrogen-bond donors (Lipinski definition) is 0. The SMILES string of the molecule is COC1COCCC1C[C@@H]1C[C@H]2CN(c3ncccn3)C[C@@]2(C(=O)N2CCc3ncc(C(F)(F)F)cc3C2)C1. The summed E-state index contributed by atoms with van der Waals surface area (Å²) in [6, 6.07) is 2.93. The Hall–Kier alpha value is -2.79. The van der Waals surface area contributed by atoms with Gasteiger partial charge in [0.1, 0.15) is 0 Å². The van der Waals surface area contributed by atoms with Gasteiger partial charge in [-0.3, -0.25) is 9.78 Å². The molecule has 39 heavy (non-hydrogen) atoms. The Bertz CT molecular complexity index is 1200. The van der Waals surface area contributed by atoms with Crippen LogP contribution in [0.2, 0.25) is 0 Å². The predicted octanol–water partition coefficient (Wildman–Crippen LogP) is 3.75. The third kappa shape index (κ3) is 4.99. The van der Waals surface area contributed by atoms with E-state index >= 15 is 0 Å². The third-order valence-electron chi connectivity index (χ3n) is 9.26. The number of methoxy groups -OCH3 is 1. The molecule has 11 heteroatoms. The van der Waals surface area contributed by atoms with E-state index in [0.29, 0.717) is 61.7 Å². The molecule has 6 rings (SSSR count). The first kappa shape index (κ1) is 26.4. The molecule has 1 amide bonds. The van der Waals surface area contributed by atoms with Gasteiger partial charge >= 0.3 is 6.18 Å². The van der Waals surface area contributed by atoms with Crippen LogP contribution in [0, 0.1) is 23.2 Å². The van der Waals surface area contributed by atoms with Gasteiger partial charge in [-0.2, -0.15) is 13.2 Å². The Balaban J connectivity index is 1.25. The Morgan fingerprint density at radius 1 is 1.26 bits per heavy atom. The first-order chi connectivity index (χ1) is 18.8. The summed E-state index contributed by atoms with van der Waals surface area (Å²) in [4.78, 5) is 31.2. The maximum atomic E-state index is 14.4. The quantitative estimate of drug-likeness (QED) is 0.566. The van der Waals surface area contributed by atoms with E-state index in [2.05, 4.69) is 19.9 Å². The normalized spacial score (nSPS) is 30.8. The zero-order chi connectivity index (χ0) is 27.2. The fourth-order valence-electron chi connectivity index (χ4n) is 7.41. The molecule has 8 nitrogen and oxygen atoms in total. The summed E-state index contributed by atoms with van der Waals surface area (Å²) in [5.74, 6) is 1.53. The molecule has 0 aromatic carbocycles. The molecule has 3 fully saturated rings. The lowest BCUT2D eigenvalue weighted by Gasteiger charge is -2.37. The Morgan fingerprint density at radius 3 is 2.85 bits per heavy atom. The summed E-state index contributed by atoms with van der Waals surface area (Å²) in [6.45, 7) is 3.14. The van der Waals surface area contributed by atoms with Crippen LogP contribution in [0.3, 0.4) is 0 Å². The first-order valence-electron chi connectivity index (χ1n) is 13.7. The highest BCUT2D eigenvalue weighted by molar-refractivity contribution is 5.85. The molecule has 3 aliphatic heterocycles. The number of carbonyl (C=O) groups excluding carboxylic acids is 1. The number of amides is 1. The lowest BCUT2D eigenvalue weighted by atomic mass is 9.78. The number of anilines is 1. The first-order valence-corrected chi connectivity index (χ1v) is 13.7. The number of alkyl halides is 3. The largest absolute Gasteiger partial charge is 0.417 e. The average molecular weight is 546 g/mol. The molecule has 0 bridgehead atoms. The van der Waals surface area contributed by atoms with E-state index in [-0.39, 0.29) is 24.5 Å². The summed E-state index contributed by atoms with van der Waals surface area (Å²) in [5, 5.41) is 0. The van der Waals surface area contributed by atoms with Gasteiger partial charge in [0.25, 0.3) is 0 Å². The van der Waals surface area contributed by atoms with Gasteiger partial charge in [0, 0.05) is 70.6 Å². The van der Waals surface area contributed by atoms with Gasteiger partial charge < -0.3 is 19.3 Å². The molecular formula is C28H34F3N5O3. The number of nitrogens with zero attached hydrogens (tertiary/aromatic N) is 5. The van der Waals surface area contributed by atoms with Crippen molar-refractivity contribution < 1.29 is 27.4 Å². The zero-order valence-electron chi connectivity index (χ0n) is 22.1. The number of hydrogen-bond acceptors (Lipinski definition) is 7. The monoisotopic (exact) mass is 545 g/mol. The fraction of sp³-hybridized carbons (Fsp3) is 0.643. The Kier molecular flexibility index (Phi) is 6.99. The molecule has 1 saturated carbocycles. The maximum Gasteiger partial charge on any atom is 0.417 e. The van der Waals surface area contributed by atoms with Gasteiger partial charge in [-0.1, -0.05) is 0 Å². The van der Waals surface area contributed by atoms with Gasteiger partial charge in [0.15, 0.2) is 0 Å². The molecule has 2 aromatic rings. The third-order valence-corrected chi connectivity index (χ3v) is 9.26. The number of aromatic nitrogens is 3. The molecule has 0 N–H and O–H groups in total. The number of ether oxygens (including phenoxy) is 2. The van der Waals surface area contributed by atoms with Crippen LogP contribution >= 0.6 is 0 Å². The van der Waals surface area contributed by atoms with E-state index in [1.165, 1.54) is 0 Å². The number of halogens is 3. The lowest BCUT2D eigenvalue weighted by Crippen LogP contribution is -2.49. The standard InChI is InChI=1S/C28H34F3N5O3/c1-38-24-16-39-8-4-19(24)9-18-10-22-15-36(26-32-5-2-6-33-26)17-27(22,12-18)25(37)35-7-3-23-20(14-35)11-21(13-34-23)28(29,30)31/h2,5-6,11,13,18-19,22,24H,3-4,7-10,12,14-17H2,1H3/t18-,19?,22+,24?,27+/m1/s1. The summed E-state index contributed by atoms with van der Waals surface area (Å²) < 4.78 is 51.4. The van der Waals surface area contributed by atoms with Crippen molar-refractivity contribution in [3.8, 4) is 0 Å². The van der Waals surface area contributed by atoms with E-state index in [9.17, 15) is 18.0 Å². The van der Waals surface area contributed by atoms with Crippen molar-refractivity contribution in [1.82, 2.24) is 19.9 Å². The van der Waals surface area contributed by atoms with Gasteiger partial charge in [0.2, 0.25) is 11.9 Å². The summed E-state index contributed by atoms with van der Waals surface area (Å²) in [7, 11) is 1.73. The predicted molar refractivity (Wildman–Crippen MR) is 136 cm³/mol. The minimum atomic E-state index is -4.47. The van der Waals surface area contributed by atoms with Crippen molar-refractivity contribution in [3.63, 3.8) is 0 Å². The molecular weight excluding hydrogens is 511 g/mol. The second-order valence-electron chi connectivity index (χ2n) is 11.5. The molecule has 2 saturated heterocycles. The van der Waals surface area contributed by atoms with Gasteiger partial charge in [-0.25, -0.2) is 9.97 Å². The second kappa shape index (κ2) is 10.3.